The number of guanidine groups is 1. The van der Waals surface area contributed by atoms with Crippen LogP contribution < -0.4 is 10.6 Å². The van der Waals surface area contributed by atoms with Gasteiger partial charge in [-0.2, -0.15) is 0 Å². The van der Waals surface area contributed by atoms with Crippen molar-refractivity contribution in [3.63, 3.8) is 0 Å². The Morgan fingerprint density at radius 1 is 1.43 bits per heavy atom. The van der Waals surface area contributed by atoms with Gasteiger partial charge in [0.25, 0.3) is 0 Å². The number of nitrogens with zero attached hydrogens (tertiary/aromatic N) is 1. The fourth-order valence-electron chi connectivity index (χ4n) is 4.02. The van der Waals surface area contributed by atoms with E-state index in [9.17, 15) is 0 Å². The molecular weight excluding hydrogens is 290 g/mol. The molecule has 2 heterocycles. The fraction of sp³-hybridized carbons (Fsp3) is 0.722. The van der Waals surface area contributed by atoms with E-state index < -0.39 is 0 Å². The first kappa shape index (κ1) is 16.4. The van der Waals surface area contributed by atoms with E-state index in [0.717, 1.165) is 37.1 Å². The first-order valence-corrected chi connectivity index (χ1v) is 8.69. The third-order valence-electron chi connectivity index (χ3n) is 5.25. The zero-order valence-corrected chi connectivity index (χ0v) is 14.8. The van der Waals surface area contributed by atoms with Crippen molar-refractivity contribution >= 4 is 5.96 Å². The van der Waals surface area contributed by atoms with Crippen LogP contribution in [-0.2, 0) is 4.74 Å². The summed E-state index contributed by atoms with van der Waals surface area (Å²) in [6.45, 7) is 12.3. The predicted octanol–water partition coefficient (Wildman–Crippen LogP) is 3.02. The summed E-state index contributed by atoms with van der Waals surface area (Å²) in [6, 6.07) is 4.50. The van der Waals surface area contributed by atoms with E-state index in [0.29, 0.717) is 18.1 Å². The molecule has 0 amide bonds. The normalized spacial score (nSPS) is 30.5. The largest absolute Gasteiger partial charge is 0.464 e. The van der Waals surface area contributed by atoms with Gasteiger partial charge in [-0.25, -0.2) is 0 Å². The number of hydrogen-bond acceptors (Lipinski definition) is 3. The van der Waals surface area contributed by atoms with Crippen LogP contribution in [0.15, 0.2) is 21.5 Å². The van der Waals surface area contributed by atoms with E-state index in [4.69, 9.17) is 9.15 Å². The molecule has 1 saturated carbocycles. The Bertz CT molecular complexity index is 579. The minimum Gasteiger partial charge on any atom is -0.464 e. The molecule has 2 N–H and O–H groups in total. The van der Waals surface area contributed by atoms with E-state index in [1.54, 1.807) is 0 Å². The Kier molecular flexibility index (Phi) is 4.41. The topological polar surface area (TPSA) is 58.8 Å². The lowest BCUT2D eigenvalue weighted by Crippen LogP contribution is -2.68. The summed E-state index contributed by atoms with van der Waals surface area (Å²) in [5.74, 6) is 3.32. The minimum absolute atomic E-state index is 0.0836. The van der Waals surface area contributed by atoms with Gasteiger partial charge in [0.2, 0.25) is 0 Å². The van der Waals surface area contributed by atoms with E-state index in [2.05, 4.69) is 43.3 Å². The van der Waals surface area contributed by atoms with Gasteiger partial charge >= 0.3 is 0 Å². The van der Waals surface area contributed by atoms with Gasteiger partial charge in [-0.05, 0) is 39.3 Å². The van der Waals surface area contributed by atoms with Gasteiger partial charge in [0.15, 0.2) is 5.96 Å². The Morgan fingerprint density at radius 3 is 2.87 bits per heavy atom. The summed E-state index contributed by atoms with van der Waals surface area (Å²) in [5, 5.41) is 7.11. The monoisotopic (exact) mass is 319 g/mol. The summed E-state index contributed by atoms with van der Waals surface area (Å²) < 4.78 is 11.6. The van der Waals surface area contributed by atoms with Gasteiger partial charge in [0.05, 0.1) is 12.1 Å². The van der Waals surface area contributed by atoms with E-state index in [-0.39, 0.29) is 11.5 Å². The van der Waals surface area contributed by atoms with E-state index in [1.807, 2.05) is 19.1 Å². The molecule has 4 atom stereocenters. The molecule has 5 heteroatoms. The maximum absolute atomic E-state index is 5.88. The van der Waals surface area contributed by atoms with Crippen LogP contribution in [-0.4, -0.2) is 31.3 Å². The Balaban J connectivity index is 1.67. The Morgan fingerprint density at radius 2 is 2.22 bits per heavy atom. The van der Waals surface area contributed by atoms with Crippen molar-refractivity contribution in [2.75, 3.05) is 13.2 Å². The molecule has 1 aromatic heterocycles. The number of aryl methyl sites for hydroxylation is 1. The molecule has 0 aromatic carbocycles. The van der Waals surface area contributed by atoms with Crippen molar-refractivity contribution < 1.29 is 9.15 Å². The highest BCUT2D eigenvalue weighted by Gasteiger charge is 2.59. The molecule has 1 aromatic rings. The molecule has 5 nitrogen and oxygen atoms in total. The molecular formula is C18H29N3O2. The molecule has 2 fully saturated rings. The zero-order valence-electron chi connectivity index (χ0n) is 14.8. The summed E-state index contributed by atoms with van der Waals surface area (Å²) in [4.78, 5) is 4.61. The number of hydrogen-bond donors (Lipinski definition) is 2. The molecule has 4 unspecified atom stereocenters. The lowest BCUT2D eigenvalue weighted by Gasteiger charge is -2.55. The molecule has 1 saturated heterocycles. The zero-order chi connectivity index (χ0) is 16.6. The van der Waals surface area contributed by atoms with Crippen molar-refractivity contribution in [2.45, 2.75) is 59.2 Å². The number of fused-ring (bicyclic) bond motifs is 1. The Labute approximate surface area is 138 Å². The lowest BCUT2D eigenvalue weighted by atomic mass is 9.57. The molecule has 0 spiro atoms. The third-order valence-corrected chi connectivity index (χ3v) is 5.25. The summed E-state index contributed by atoms with van der Waals surface area (Å²) in [7, 11) is 0. The van der Waals surface area contributed by atoms with Gasteiger partial charge in [0.1, 0.15) is 11.5 Å². The van der Waals surface area contributed by atoms with Gasteiger partial charge in [-0.15, -0.1) is 0 Å². The van der Waals surface area contributed by atoms with Crippen LogP contribution in [0.4, 0.5) is 0 Å². The minimum atomic E-state index is 0.0836. The van der Waals surface area contributed by atoms with Crippen LogP contribution in [0.2, 0.25) is 0 Å². The third kappa shape index (κ3) is 2.99. The smallest absolute Gasteiger partial charge is 0.192 e. The van der Waals surface area contributed by atoms with Crippen molar-refractivity contribution in [3.8, 4) is 0 Å². The summed E-state index contributed by atoms with van der Waals surface area (Å²) in [5.41, 5.74) is 0.141. The van der Waals surface area contributed by atoms with E-state index >= 15 is 0 Å². The van der Waals surface area contributed by atoms with Crippen LogP contribution >= 0.6 is 0 Å². The number of aliphatic imine (C=N–C) groups is 1. The maximum Gasteiger partial charge on any atom is 0.192 e. The van der Waals surface area contributed by atoms with Crippen molar-refractivity contribution in [1.82, 2.24) is 10.6 Å². The molecule has 3 rings (SSSR count). The number of rotatable bonds is 4. The van der Waals surface area contributed by atoms with Crippen LogP contribution in [0.1, 0.15) is 51.7 Å². The average molecular weight is 319 g/mol. The van der Waals surface area contributed by atoms with Gasteiger partial charge in [0, 0.05) is 30.5 Å². The fourth-order valence-corrected chi connectivity index (χ4v) is 4.02. The molecule has 0 radical (unpaired) electrons. The first-order valence-electron chi connectivity index (χ1n) is 8.69. The van der Waals surface area contributed by atoms with Crippen molar-refractivity contribution in [2.24, 2.45) is 16.3 Å². The van der Waals surface area contributed by atoms with Crippen molar-refractivity contribution in [3.05, 3.63) is 23.7 Å². The maximum atomic E-state index is 5.88. The van der Waals surface area contributed by atoms with Crippen LogP contribution in [0, 0.1) is 18.3 Å². The lowest BCUT2D eigenvalue weighted by molar-refractivity contribution is -0.106. The summed E-state index contributed by atoms with van der Waals surface area (Å²) in [6.07, 6.45) is 1.52. The SMILES string of the molecule is CCN=C(NC(C)c1ccc(C)o1)NC1C2CCOC2C1(C)C. The van der Waals surface area contributed by atoms with Gasteiger partial charge in [-0.3, -0.25) is 4.99 Å². The standard InChI is InChI=1S/C18H29N3O2/c1-6-19-17(20-12(3)14-8-7-11(2)23-14)21-15-13-9-10-22-16(13)18(15,4)5/h7-8,12-13,15-16H,6,9-10H2,1-5H3,(H2,19,20,21). The quantitative estimate of drug-likeness (QED) is 0.661. The second kappa shape index (κ2) is 6.19. The Hall–Kier alpha value is -1.49. The average Bonchev–Trinajstić information content (AvgIpc) is 3.12. The molecule has 2 aliphatic rings. The second-order valence-corrected chi connectivity index (χ2v) is 7.32. The van der Waals surface area contributed by atoms with Crippen molar-refractivity contribution in [1.29, 1.82) is 0 Å². The number of furan rings is 1. The van der Waals surface area contributed by atoms with Gasteiger partial charge < -0.3 is 19.8 Å². The van der Waals surface area contributed by atoms with Crippen LogP contribution in [0.3, 0.4) is 0 Å². The molecule has 1 aliphatic carbocycles. The number of nitrogens with one attached hydrogen (secondary N) is 2. The highest BCUT2D eigenvalue weighted by molar-refractivity contribution is 5.80. The summed E-state index contributed by atoms with van der Waals surface area (Å²) >= 11 is 0. The predicted molar refractivity (Wildman–Crippen MR) is 91.5 cm³/mol. The highest BCUT2D eigenvalue weighted by Crippen LogP contribution is 2.52. The van der Waals surface area contributed by atoms with Crippen LogP contribution in [0.5, 0.6) is 0 Å². The molecule has 1 aliphatic heterocycles. The highest BCUT2D eigenvalue weighted by atomic mass is 16.5. The second-order valence-electron chi connectivity index (χ2n) is 7.32. The van der Waals surface area contributed by atoms with Crippen LogP contribution in [0.25, 0.3) is 0 Å². The first-order chi connectivity index (χ1) is 10.9. The molecule has 23 heavy (non-hydrogen) atoms. The van der Waals surface area contributed by atoms with E-state index in [1.165, 1.54) is 0 Å². The van der Waals surface area contributed by atoms with Gasteiger partial charge in [-0.1, -0.05) is 13.8 Å². The number of ether oxygens (including phenoxy) is 1. The molecule has 128 valence electrons. The molecule has 0 bridgehead atoms.